The Bertz CT molecular complexity index is 1220. The third-order valence-corrected chi connectivity index (χ3v) is 6.83. The SMILES string of the molecule is Cc1cc(N2C(=S)N[C@H](c3ccccn3)[C@@H]2c2ccn(-c3ccccc3)c2)ccc1Br. The van der Waals surface area contributed by atoms with Crippen LogP contribution in [0, 0.1) is 6.92 Å². The molecule has 0 amide bonds. The van der Waals surface area contributed by atoms with Gasteiger partial charge >= 0.3 is 0 Å². The summed E-state index contributed by atoms with van der Waals surface area (Å²) in [4.78, 5) is 6.84. The molecule has 1 aliphatic rings. The summed E-state index contributed by atoms with van der Waals surface area (Å²) in [7, 11) is 0. The number of nitrogens with zero attached hydrogens (tertiary/aromatic N) is 3. The topological polar surface area (TPSA) is 33.1 Å². The third-order valence-electron chi connectivity index (χ3n) is 5.63. The standard InChI is InChI=1S/C25H21BrN4S/c1-17-15-20(10-11-21(17)26)30-24(23(28-25(30)31)22-9-5-6-13-27-22)18-12-14-29(16-18)19-7-3-2-4-8-19/h2-16,23-24H,1H3,(H,28,31)/t23-,24+/m1/s1. The molecule has 1 N–H and O–H groups in total. The maximum Gasteiger partial charge on any atom is 0.174 e. The van der Waals surface area contributed by atoms with Crippen LogP contribution in [0.2, 0.25) is 0 Å². The fourth-order valence-electron chi connectivity index (χ4n) is 4.10. The monoisotopic (exact) mass is 488 g/mol. The molecule has 3 heterocycles. The van der Waals surface area contributed by atoms with E-state index in [1.165, 1.54) is 11.1 Å². The van der Waals surface area contributed by atoms with Gasteiger partial charge in [0.2, 0.25) is 0 Å². The van der Waals surface area contributed by atoms with Crippen molar-refractivity contribution in [3.8, 4) is 5.69 Å². The molecule has 5 rings (SSSR count). The van der Waals surface area contributed by atoms with Crippen molar-refractivity contribution in [3.05, 3.63) is 113 Å². The van der Waals surface area contributed by atoms with Gasteiger partial charge in [-0.25, -0.2) is 0 Å². The highest BCUT2D eigenvalue weighted by Crippen LogP contribution is 2.42. The average molecular weight is 489 g/mol. The molecule has 1 aliphatic heterocycles. The van der Waals surface area contributed by atoms with Gasteiger partial charge in [0.15, 0.2) is 5.11 Å². The first-order chi connectivity index (χ1) is 15.1. The van der Waals surface area contributed by atoms with Crippen molar-refractivity contribution in [2.24, 2.45) is 0 Å². The number of hydrogen-bond donors (Lipinski definition) is 1. The molecular weight excluding hydrogens is 468 g/mol. The molecule has 1 saturated heterocycles. The summed E-state index contributed by atoms with van der Waals surface area (Å²) in [6.07, 6.45) is 6.12. The van der Waals surface area contributed by atoms with E-state index in [9.17, 15) is 0 Å². The summed E-state index contributed by atoms with van der Waals surface area (Å²) in [6, 6.07) is 24.8. The Morgan fingerprint density at radius 1 is 0.968 bits per heavy atom. The molecule has 0 bridgehead atoms. The number of rotatable bonds is 4. The lowest BCUT2D eigenvalue weighted by Gasteiger charge is -2.27. The molecule has 0 spiro atoms. The Morgan fingerprint density at radius 3 is 2.52 bits per heavy atom. The van der Waals surface area contributed by atoms with E-state index < -0.39 is 0 Å². The molecule has 6 heteroatoms. The van der Waals surface area contributed by atoms with E-state index in [-0.39, 0.29) is 12.1 Å². The molecule has 4 aromatic rings. The summed E-state index contributed by atoms with van der Waals surface area (Å²) in [6.45, 7) is 2.09. The number of nitrogens with one attached hydrogen (secondary N) is 1. The Kier molecular flexibility index (Phi) is 5.34. The molecule has 4 nitrogen and oxygen atoms in total. The van der Waals surface area contributed by atoms with Gasteiger partial charge in [-0.2, -0.15) is 0 Å². The van der Waals surface area contributed by atoms with Crippen molar-refractivity contribution >= 4 is 38.9 Å². The minimum absolute atomic E-state index is 0.0204. The molecule has 31 heavy (non-hydrogen) atoms. The largest absolute Gasteiger partial charge is 0.351 e. The fraction of sp³-hybridized carbons (Fsp3) is 0.120. The van der Waals surface area contributed by atoms with Crippen LogP contribution in [-0.4, -0.2) is 14.7 Å². The van der Waals surface area contributed by atoms with Crippen LogP contribution < -0.4 is 10.2 Å². The maximum absolute atomic E-state index is 5.82. The second-order valence-corrected chi connectivity index (χ2v) is 8.86. The average Bonchev–Trinajstić information content (AvgIpc) is 3.41. The van der Waals surface area contributed by atoms with Gasteiger partial charge in [0.25, 0.3) is 0 Å². The Labute approximate surface area is 195 Å². The summed E-state index contributed by atoms with van der Waals surface area (Å²) in [5, 5.41) is 4.23. The molecule has 0 aliphatic carbocycles. The van der Waals surface area contributed by atoms with Crippen molar-refractivity contribution in [3.63, 3.8) is 0 Å². The first kappa shape index (κ1) is 20.0. The molecular formula is C25H21BrN4S. The predicted molar refractivity (Wildman–Crippen MR) is 133 cm³/mol. The minimum Gasteiger partial charge on any atom is -0.351 e. The van der Waals surface area contributed by atoms with Gasteiger partial charge in [-0.05, 0) is 78.8 Å². The van der Waals surface area contributed by atoms with E-state index in [1.54, 1.807) is 0 Å². The van der Waals surface area contributed by atoms with E-state index in [0.717, 1.165) is 21.5 Å². The molecule has 154 valence electrons. The van der Waals surface area contributed by atoms with E-state index in [2.05, 4.69) is 110 Å². The van der Waals surface area contributed by atoms with Crippen LogP contribution in [0.5, 0.6) is 0 Å². The van der Waals surface area contributed by atoms with Crippen LogP contribution in [0.1, 0.15) is 28.9 Å². The Hall–Kier alpha value is -2.96. The lowest BCUT2D eigenvalue weighted by atomic mass is 9.98. The van der Waals surface area contributed by atoms with Crippen LogP contribution in [0.15, 0.2) is 95.9 Å². The van der Waals surface area contributed by atoms with Crippen LogP contribution in [0.25, 0.3) is 5.69 Å². The van der Waals surface area contributed by atoms with Gasteiger partial charge in [-0.1, -0.05) is 40.2 Å². The number of thiocarbonyl (C=S) groups is 1. The van der Waals surface area contributed by atoms with Crippen LogP contribution >= 0.6 is 28.1 Å². The van der Waals surface area contributed by atoms with Gasteiger partial charge in [0, 0.05) is 34.4 Å². The first-order valence-electron chi connectivity index (χ1n) is 10.1. The van der Waals surface area contributed by atoms with Crippen molar-refractivity contribution < 1.29 is 0 Å². The van der Waals surface area contributed by atoms with Gasteiger partial charge < -0.3 is 14.8 Å². The number of hydrogen-bond acceptors (Lipinski definition) is 2. The number of para-hydroxylation sites is 1. The summed E-state index contributed by atoms with van der Waals surface area (Å²) in [5.41, 5.74) is 5.50. The van der Waals surface area contributed by atoms with Crippen molar-refractivity contribution in [2.45, 2.75) is 19.0 Å². The molecule has 2 aromatic heterocycles. The van der Waals surface area contributed by atoms with Gasteiger partial charge in [0.05, 0.1) is 17.8 Å². The van der Waals surface area contributed by atoms with Crippen LogP contribution in [0.4, 0.5) is 5.69 Å². The van der Waals surface area contributed by atoms with Crippen LogP contribution in [0.3, 0.4) is 0 Å². The number of benzene rings is 2. The van der Waals surface area contributed by atoms with Crippen molar-refractivity contribution in [2.75, 3.05) is 4.90 Å². The highest BCUT2D eigenvalue weighted by Gasteiger charge is 2.41. The summed E-state index contributed by atoms with van der Waals surface area (Å²) in [5.74, 6) is 0. The normalized spacial score (nSPS) is 18.3. The third kappa shape index (κ3) is 3.77. The van der Waals surface area contributed by atoms with Gasteiger partial charge in [0.1, 0.15) is 0 Å². The second-order valence-electron chi connectivity index (χ2n) is 7.62. The molecule has 2 atom stereocenters. The molecule has 2 aromatic carbocycles. The first-order valence-corrected chi connectivity index (χ1v) is 11.3. The van der Waals surface area contributed by atoms with Gasteiger partial charge in [-0.3, -0.25) is 4.98 Å². The molecule has 0 saturated carbocycles. The van der Waals surface area contributed by atoms with Crippen molar-refractivity contribution in [1.29, 1.82) is 0 Å². The van der Waals surface area contributed by atoms with Crippen molar-refractivity contribution in [1.82, 2.24) is 14.9 Å². The predicted octanol–water partition coefficient (Wildman–Crippen LogP) is 6.12. The van der Waals surface area contributed by atoms with E-state index in [0.29, 0.717) is 5.11 Å². The number of pyridine rings is 1. The summed E-state index contributed by atoms with van der Waals surface area (Å²) >= 11 is 9.43. The molecule has 0 unspecified atom stereocenters. The van der Waals surface area contributed by atoms with Gasteiger partial charge in [-0.15, -0.1) is 0 Å². The van der Waals surface area contributed by atoms with E-state index >= 15 is 0 Å². The van der Waals surface area contributed by atoms with Crippen LogP contribution in [-0.2, 0) is 0 Å². The smallest absolute Gasteiger partial charge is 0.174 e. The molecule has 0 radical (unpaired) electrons. The number of anilines is 1. The number of halogens is 1. The zero-order chi connectivity index (χ0) is 21.4. The lowest BCUT2D eigenvalue weighted by molar-refractivity contribution is 0.568. The Balaban J connectivity index is 1.61. The summed E-state index contributed by atoms with van der Waals surface area (Å²) < 4.78 is 3.24. The zero-order valence-electron chi connectivity index (χ0n) is 16.9. The second kappa shape index (κ2) is 8.29. The minimum atomic E-state index is -0.0516. The maximum atomic E-state index is 5.82. The highest BCUT2D eigenvalue weighted by molar-refractivity contribution is 9.10. The van der Waals surface area contributed by atoms with E-state index in [4.69, 9.17) is 12.2 Å². The lowest BCUT2D eigenvalue weighted by Crippen LogP contribution is -2.29. The quantitative estimate of drug-likeness (QED) is 0.350. The van der Waals surface area contributed by atoms with E-state index in [1.807, 2.05) is 24.4 Å². The number of aromatic nitrogens is 2. The number of aryl methyl sites for hydroxylation is 1. The highest BCUT2D eigenvalue weighted by atomic mass is 79.9. The zero-order valence-corrected chi connectivity index (χ0v) is 19.3. The fourth-order valence-corrected chi connectivity index (χ4v) is 4.69. The Morgan fingerprint density at radius 2 is 1.77 bits per heavy atom. The molecule has 1 fully saturated rings.